The SMILES string of the molecule is CC[C@H]1OC(=O)[C@H](C)[C@@H](O[C@H]2C[C@@](C)(OC)[C@@H](O)[C@H](C)O2)C[C@@H](O[C@@H]2O[C@H](C)C[C@H](N(C)CCc3cn([C@H](CF)[C@H](OC)c4ccccc4)nn3)[C@H]2O)[C@](C)(O)C[C@@H](C)CN(C)[C@H](C)[C@@H](O)[C@]1(C)O. The van der Waals surface area contributed by atoms with Gasteiger partial charge in [0.25, 0.3) is 0 Å². The van der Waals surface area contributed by atoms with Crippen LogP contribution >= 0.6 is 0 Å². The van der Waals surface area contributed by atoms with E-state index in [-0.39, 0.29) is 37.7 Å². The minimum Gasteiger partial charge on any atom is -0.459 e. The second kappa shape index (κ2) is 24.3. The normalized spacial score (nSPS) is 40.1. The number of carbonyl (C=O) groups excluding carboxylic acids is 1. The molecule has 19 atom stereocenters. The number of hydrogen-bond donors (Lipinski definition) is 5. The van der Waals surface area contributed by atoms with Gasteiger partial charge in [-0.15, -0.1) is 5.10 Å². The molecular weight excluding hydrogens is 898 g/mol. The summed E-state index contributed by atoms with van der Waals surface area (Å²) in [6.45, 7) is 15.7. The third-order valence-corrected chi connectivity index (χ3v) is 15.2. The number of ether oxygens (including phenoxy) is 7. The number of likely N-dealkylation sites (N-methyl/N-ethyl adjacent to an activating group) is 2. The van der Waals surface area contributed by atoms with Crippen molar-refractivity contribution in [3.63, 3.8) is 0 Å². The van der Waals surface area contributed by atoms with Crippen LogP contribution in [0.2, 0.25) is 0 Å². The summed E-state index contributed by atoms with van der Waals surface area (Å²) in [7, 11) is 6.75. The molecule has 0 aliphatic carbocycles. The summed E-state index contributed by atoms with van der Waals surface area (Å²) in [5, 5.41) is 67.9. The monoisotopic (exact) mass is 982 g/mol. The highest BCUT2D eigenvalue weighted by Crippen LogP contribution is 2.38. The number of alkyl halides is 1. The predicted octanol–water partition coefficient (Wildman–Crippen LogP) is 3.76. The van der Waals surface area contributed by atoms with Crippen molar-refractivity contribution in [2.24, 2.45) is 11.8 Å². The van der Waals surface area contributed by atoms with Gasteiger partial charge in [0.15, 0.2) is 12.6 Å². The molecule has 3 aliphatic heterocycles. The van der Waals surface area contributed by atoms with E-state index >= 15 is 0 Å². The molecule has 5 N–H and O–H groups in total. The molecule has 0 radical (unpaired) electrons. The number of methoxy groups -OCH3 is 2. The van der Waals surface area contributed by atoms with Gasteiger partial charge in [-0.05, 0) is 93.3 Å². The summed E-state index contributed by atoms with van der Waals surface area (Å²) >= 11 is 0. The molecule has 0 unspecified atom stereocenters. The fraction of sp³-hybridized carbons (Fsp3) is 0.820. The van der Waals surface area contributed by atoms with E-state index in [4.69, 9.17) is 33.2 Å². The Kier molecular flexibility index (Phi) is 20.1. The van der Waals surface area contributed by atoms with E-state index in [0.29, 0.717) is 31.6 Å². The number of rotatable bonds is 15. The van der Waals surface area contributed by atoms with Gasteiger partial charge in [-0.2, -0.15) is 0 Å². The second-order valence-corrected chi connectivity index (χ2v) is 20.9. The fourth-order valence-corrected chi connectivity index (χ4v) is 10.6. The molecule has 0 saturated carbocycles. The maximum atomic E-state index is 14.6. The fourth-order valence-electron chi connectivity index (χ4n) is 10.6. The standard InChI is InChI=1S/C50H84FN5O13/c1-14-39-50(9,62)44(58)32(5)55(11)27-29(2)24-48(7,61)40(23-38(31(4)46(60)68-39)67-41-25-49(8,64-13)45(59)33(6)66-41)69-47-42(57)36(22-30(3)65-47)54(10)21-20-35-28-56(53-52-35)37(26-51)43(63-12)34-18-16-15-17-19-34/h15-19,28-33,36-45,47,57-59,61-62H,14,20-27H2,1-13H3/t29-,30-,31-,32-,33+,36+,37-,38+,39-,40-,41+,42-,43-,44-,45+,47+,48-,49-,50-/m1/s1. The van der Waals surface area contributed by atoms with Crippen LogP contribution in [-0.4, -0.2) is 195 Å². The number of cyclic esters (lactones) is 1. The van der Waals surface area contributed by atoms with Crippen molar-refractivity contribution >= 4 is 5.97 Å². The first kappa shape index (κ1) is 57.1. The number of hydrogen-bond acceptors (Lipinski definition) is 17. The van der Waals surface area contributed by atoms with E-state index in [1.807, 2.05) is 68.1 Å². The smallest absolute Gasteiger partial charge is 0.311 e. The van der Waals surface area contributed by atoms with Gasteiger partial charge < -0.3 is 68.5 Å². The van der Waals surface area contributed by atoms with Crippen LogP contribution in [0, 0.1) is 11.8 Å². The van der Waals surface area contributed by atoms with Crippen molar-refractivity contribution < 1.29 is 67.9 Å². The Morgan fingerprint density at radius 2 is 1.65 bits per heavy atom. The van der Waals surface area contributed by atoms with Crippen molar-refractivity contribution in [3.8, 4) is 0 Å². The molecule has 3 aliphatic rings. The molecule has 18 nitrogen and oxygen atoms in total. The van der Waals surface area contributed by atoms with E-state index in [1.165, 1.54) is 25.8 Å². The van der Waals surface area contributed by atoms with Gasteiger partial charge in [-0.1, -0.05) is 49.4 Å². The van der Waals surface area contributed by atoms with Crippen molar-refractivity contribution in [3.05, 3.63) is 47.8 Å². The van der Waals surface area contributed by atoms with Crippen LogP contribution in [0.15, 0.2) is 36.5 Å². The lowest BCUT2D eigenvalue weighted by molar-refractivity contribution is -0.308. The molecule has 1 aromatic carbocycles. The van der Waals surface area contributed by atoms with Crippen LogP contribution in [0.3, 0.4) is 0 Å². The molecule has 3 fully saturated rings. The molecule has 0 bridgehead atoms. The van der Waals surface area contributed by atoms with E-state index < -0.39 is 115 Å². The molecule has 69 heavy (non-hydrogen) atoms. The van der Waals surface area contributed by atoms with Gasteiger partial charge in [0.1, 0.15) is 48.8 Å². The first-order valence-corrected chi connectivity index (χ1v) is 24.7. The first-order chi connectivity index (χ1) is 32.4. The lowest BCUT2D eigenvalue weighted by Crippen LogP contribution is -2.59. The Morgan fingerprint density at radius 1 is 0.971 bits per heavy atom. The molecule has 5 rings (SSSR count). The van der Waals surface area contributed by atoms with Gasteiger partial charge in [0.05, 0.1) is 47.2 Å². The van der Waals surface area contributed by atoms with Crippen LogP contribution in [0.4, 0.5) is 4.39 Å². The zero-order chi connectivity index (χ0) is 51.2. The van der Waals surface area contributed by atoms with Crippen LogP contribution < -0.4 is 0 Å². The highest BCUT2D eigenvalue weighted by atomic mass is 19.1. The number of esters is 1. The molecule has 4 heterocycles. The Balaban J connectivity index is 1.43. The second-order valence-electron chi connectivity index (χ2n) is 20.9. The number of halogens is 1. The number of nitrogens with zero attached hydrogens (tertiary/aromatic N) is 5. The van der Waals surface area contributed by atoms with E-state index in [0.717, 1.165) is 5.56 Å². The highest BCUT2D eigenvalue weighted by Gasteiger charge is 2.51. The van der Waals surface area contributed by atoms with E-state index in [2.05, 4.69) is 10.3 Å². The summed E-state index contributed by atoms with van der Waals surface area (Å²) in [5.74, 6) is -1.97. The van der Waals surface area contributed by atoms with Crippen LogP contribution in [0.1, 0.15) is 118 Å². The summed E-state index contributed by atoms with van der Waals surface area (Å²) in [5.41, 5.74) is -3.08. The van der Waals surface area contributed by atoms with Gasteiger partial charge in [0, 0.05) is 64.9 Å². The minimum atomic E-state index is -1.84. The van der Waals surface area contributed by atoms with Crippen molar-refractivity contribution in [2.75, 3.05) is 48.1 Å². The lowest BCUT2D eigenvalue weighted by Gasteiger charge is -2.47. The minimum absolute atomic E-state index is 0.0962. The van der Waals surface area contributed by atoms with Crippen molar-refractivity contribution in [1.29, 1.82) is 0 Å². The van der Waals surface area contributed by atoms with Crippen LogP contribution in [0.5, 0.6) is 0 Å². The van der Waals surface area contributed by atoms with Crippen molar-refractivity contribution in [1.82, 2.24) is 24.8 Å². The van der Waals surface area contributed by atoms with E-state index in [9.17, 15) is 34.7 Å². The number of aromatic nitrogens is 3. The van der Waals surface area contributed by atoms with Gasteiger partial charge >= 0.3 is 5.97 Å². The average molecular weight is 982 g/mol. The van der Waals surface area contributed by atoms with Crippen molar-refractivity contribution in [2.45, 2.75) is 203 Å². The lowest BCUT2D eigenvalue weighted by atomic mass is 9.83. The largest absolute Gasteiger partial charge is 0.459 e. The zero-order valence-electron chi connectivity index (χ0n) is 43.2. The third-order valence-electron chi connectivity index (χ3n) is 15.2. The molecule has 0 spiro atoms. The number of aliphatic hydroxyl groups excluding tert-OH is 3. The first-order valence-electron chi connectivity index (χ1n) is 24.7. The summed E-state index contributed by atoms with van der Waals surface area (Å²) in [6, 6.07) is 7.62. The molecule has 2 aromatic rings. The Hall–Kier alpha value is -2.76. The maximum absolute atomic E-state index is 14.6. The quantitative estimate of drug-likeness (QED) is 0.161. The summed E-state index contributed by atoms with van der Waals surface area (Å²) in [4.78, 5) is 18.2. The predicted molar refractivity (Wildman–Crippen MR) is 254 cm³/mol. The van der Waals surface area contributed by atoms with Gasteiger partial charge in [0.2, 0.25) is 0 Å². The molecule has 394 valence electrons. The van der Waals surface area contributed by atoms with E-state index in [1.54, 1.807) is 47.7 Å². The molecule has 1 aromatic heterocycles. The Bertz CT molecular complexity index is 1880. The zero-order valence-corrected chi connectivity index (χ0v) is 43.2. The highest BCUT2D eigenvalue weighted by molar-refractivity contribution is 5.73. The van der Waals surface area contributed by atoms with Gasteiger partial charge in [-0.3, -0.25) is 4.79 Å². The Labute approximate surface area is 408 Å². The topological polar surface area (TPSA) is 220 Å². The third kappa shape index (κ3) is 13.7. The average Bonchev–Trinajstić information content (AvgIpc) is 3.78. The molecule has 3 saturated heterocycles. The maximum Gasteiger partial charge on any atom is 0.311 e. The van der Waals surface area contributed by atoms with Crippen LogP contribution in [-0.2, 0) is 44.4 Å². The van der Waals surface area contributed by atoms with Gasteiger partial charge in [-0.25, -0.2) is 9.07 Å². The summed E-state index contributed by atoms with van der Waals surface area (Å²) in [6.07, 6.45) is -7.71. The number of aliphatic hydroxyl groups is 5. The number of benzene rings is 1. The number of carbonyl (C=O) groups is 1. The molecule has 0 amide bonds. The Morgan fingerprint density at radius 3 is 2.28 bits per heavy atom. The molecule has 19 heteroatoms. The van der Waals surface area contributed by atoms with Crippen LogP contribution in [0.25, 0.3) is 0 Å². The molecular formula is C50H84FN5O13. The summed E-state index contributed by atoms with van der Waals surface area (Å²) < 4.78 is 59.6.